The molecular weight excluding hydrogens is 406 g/mol. The zero-order valence-electron chi connectivity index (χ0n) is 19.3. The van der Waals surface area contributed by atoms with Crippen LogP contribution in [0, 0.1) is 0 Å². The third-order valence-corrected chi connectivity index (χ3v) is 6.34. The second-order valence-electron chi connectivity index (χ2n) is 8.66. The zero-order valence-corrected chi connectivity index (χ0v) is 19.3. The van der Waals surface area contributed by atoms with E-state index in [0.717, 1.165) is 76.0 Å². The van der Waals surface area contributed by atoms with Crippen molar-refractivity contribution >= 4 is 5.96 Å². The lowest BCUT2D eigenvalue weighted by Gasteiger charge is -2.32. The lowest BCUT2D eigenvalue weighted by atomic mass is 10.1. The van der Waals surface area contributed by atoms with Gasteiger partial charge in [0.2, 0.25) is 0 Å². The van der Waals surface area contributed by atoms with Crippen molar-refractivity contribution in [2.24, 2.45) is 4.99 Å². The van der Waals surface area contributed by atoms with Gasteiger partial charge in [-0.2, -0.15) is 5.10 Å². The number of nitrogens with zero attached hydrogens (tertiary/aromatic N) is 5. The molecule has 2 N–H and O–H groups in total. The van der Waals surface area contributed by atoms with Crippen molar-refractivity contribution < 1.29 is 4.42 Å². The van der Waals surface area contributed by atoms with E-state index in [-0.39, 0.29) is 11.7 Å². The molecule has 0 spiro atoms. The van der Waals surface area contributed by atoms with E-state index in [4.69, 9.17) is 9.41 Å². The number of piperidine rings is 1. The standard InChI is InChI=1S/C23H37N7O2/c1-2-24-22(25-12-9-16-30-23(31)29-15-7-4-11-21(29)27-30)26-18-19(20-10-8-17-32-20)28-13-5-3-6-14-28/h8,10,17,19H,2-7,9,11-16,18H2,1H3,(H2,24,25,26). The molecule has 1 atom stereocenters. The maximum absolute atomic E-state index is 12.5. The fourth-order valence-corrected chi connectivity index (χ4v) is 4.65. The molecule has 9 nitrogen and oxygen atoms in total. The summed E-state index contributed by atoms with van der Waals surface area (Å²) in [5.41, 5.74) is 0.0306. The number of guanidine groups is 1. The molecule has 0 radical (unpaired) electrons. The van der Waals surface area contributed by atoms with E-state index in [2.05, 4.69) is 33.6 Å². The normalized spacial score (nSPS) is 18.3. The van der Waals surface area contributed by atoms with Gasteiger partial charge in [0.25, 0.3) is 0 Å². The average molecular weight is 444 g/mol. The van der Waals surface area contributed by atoms with Crippen LogP contribution in [0.5, 0.6) is 0 Å². The Bertz CT molecular complexity index is 909. The maximum Gasteiger partial charge on any atom is 0.345 e. The highest BCUT2D eigenvalue weighted by molar-refractivity contribution is 5.79. The number of aliphatic imine (C=N–C) groups is 1. The number of hydrogen-bond acceptors (Lipinski definition) is 5. The third-order valence-electron chi connectivity index (χ3n) is 6.34. The Balaban J connectivity index is 1.32. The first-order chi connectivity index (χ1) is 15.8. The molecule has 4 rings (SSSR count). The summed E-state index contributed by atoms with van der Waals surface area (Å²) in [7, 11) is 0. The minimum atomic E-state index is 0.0306. The largest absolute Gasteiger partial charge is 0.468 e. The minimum absolute atomic E-state index is 0.0306. The van der Waals surface area contributed by atoms with Crippen LogP contribution in [0.2, 0.25) is 0 Å². The number of aromatic nitrogens is 3. The molecule has 2 aromatic rings. The van der Waals surface area contributed by atoms with Crippen LogP contribution < -0.4 is 16.3 Å². The first-order valence-corrected chi connectivity index (χ1v) is 12.2. The number of likely N-dealkylation sites (tertiary alicyclic amines) is 1. The minimum Gasteiger partial charge on any atom is -0.468 e. The number of nitrogens with one attached hydrogen (secondary N) is 2. The van der Waals surface area contributed by atoms with Crippen LogP contribution in [0.15, 0.2) is 32.6 Å². The number of aryl methyl sites for hydroxylation is 2. The molecular formula is C23H37N7O2. The smallest absolute Gasteiger partial charge is 0.345 e. The molecule has 1 unspecified atom stereocenters. The SMILES string of the molecule is CCNC(=NCC(c1ccco1)N1CCCCC1)NCCCn1nc2n(c1=O)CCCC2. The Hall–Kier alpha value is -2.55. The zero-order chi connectivity index (χ0) is 22.2. The first kappa shape index (κ1) is 22.6. The Morgan fingerprint density at radius 2 is 2.03 bits per heavy atom. The van der Waals surface area contributed by atoms with Crippen LogP contribution in [-0.2, 0) is 19.5 Å². The van der Waals surface area contributed by atoms with Gasteiger partial charge >= 0.3 is 5.69 Å². The first-order valence-electron chi connectivity index (χ1n) is 12.2. The Labute approximate surface area is 189 Å². The van der Waals surface area contributed by atoms with Crippen LogP contribution >= 0.6 is 0 Å². The van der Waals surface area contributed by atoms with Crippen LogP contribution in [-0.4, -0.2) is 57.9 Å². The van der Waals surface area contributed by atoms with Crippen molar-refractivity contribution in [1.29, 1.82) is 0 Å². The van der Waals surface area contributed by atoms with Gasteiger partial charge in [0.05, 0.1) is 18.8 Å². The molecule has 2 aliphatic rings. The summed E-state index contributed by atoms with van der Waals surface area (Å²) in [5, 5.41) is 11.3. The lowest BCUT2D eigenvalue weighted by Crippen LogP contribution is -2.40. The van der Waals surface area contributed by atoms with Gasteiger partial charge in [0, 0.05) is 32.6 Å². The van der Waals surface area contributed by atoms with Crippen molar-refractivity contribution in [3.8, 4) is 0 Å². The maximum atomic E-state index is 12.5. The molecule has 32 heavy (non-hydrogen) atoms. The van der Waals surface area contributed by atoms with E-state index in [1.165, 1.54) is 19.3 Å². The molecule has 1 fully saturated rings. The summed E-state index contributed by atoms with van der Waals surface area (Å²) in [6.45, 7) is 7.86. The fourth-order valence-electron chi connectivity index (χ4n) is 4.65. The van der Waals surface area contributed by atoms with Gasteiger partial charge in [0.1, 0.15) is 11.6 Å². The molecule has 176 valence electrons. The van der Waals surface area contributed by atoms with E-state index in [1.807, 2.05) is 10.6 Å². The molecule has 0 amide bonds. The third kappa shape index (κ3) is 5.62. The van der Waals surface area contributed by atoms with Crippen molar-refractivity contribution in [2.75, 3.05) is 32.7 Å². The van der Waals surface area contributed by atoms with E-state index >= 15 is 0 Å². The summed E-state index contributed by atoms with van der Waals surface area (Å²) >= 11 is 0. The number of rotatable bonds is 9. The van der Waals surface area contributed by atoms with Gasteiger partial charge in [-0.15, -0.1) is 0 Å². The molecule has 0 aliphatic carbocycles. The molecule has 0 bridgehead atoms. The quantitative estimate of drug-likeness (QED) is 0.350. The van der Waals surface area contributed by atoms with E-state index < -0.39 is 0 Å². The Morgan fingerprint density at radius 3 is 2.78 bits per heavy atom. The topological polar surface area (TPSA) is 92.6 Å². The highest BCUT2D eigenvalue weighted by atomic mass is 16.3. The summed E-state index contributed by atoms with van der Waals surface area (Å²) < 4.78 is 9.19. The number of furan rings is 1. The van der Waals surface area contributed by atoms with Gasteiger partial charge in [-0.05, 0) is 64.3 Å². The predicted molar refractivity (Wildman–Crippen MR) is 125 cm³/mol. The van der Waals surface area contributed by atoms with Crippen LogP contribution in [0.3, 0.4) is 0 Å². The van der Waals surface area contributed by atoms with Gasteiger partial charge in [0.15, 0.2) is 5.96 Å². The second-order valence-corrected chi connectivity index (χ2v) is 8.66. The molecule has 0 saturated carbocycles. The molecule has 1 saturated heterocycles. The number of hydrogen-bond donors (Lipinski definition) is 2. The summed E-state index contributed by atoms with van der Waals surface area (Å²) in [6.07, 6.45) is 9.43. The fraction of sp³-hybridized carbons (Fsp3) is 0.696. The van der Waals surface area contributed by atoms with Crippen molar-refractivity contribution in [3.05, 3.63) is 40.5 Å². The molecule has 9 heteroatoms. The van der Waals surface area contributed by atoms with Gasteiger partial charge in [-0.25, -0.2) is 9.48 Å². The summed E-state index contributed by atoms with van der Waals surface area (Å²) in [5.74, 6) is 2.72. The van der Waals surface area contributed by atoms with Crippen LogP contribution in [0.4, 0.5) is 0 Å². The summed E-state index contributed by atoms with van der Waals surface area (Å²) in [4.78, 5) is 19.8. The Kier molecular flexibility index (Phi) is 8.03. The average Bonchev–Trinajstić information content (AvgIpc) is 3.46. The molecule has 0 aromatic carbocycles. The van der Waals surface area contributed by atoms with Gasteiger partial charge < -0.3 is 15.1 Å². The molecule has 2 aromatic heterocycles. The van der Waals surface area contributed by atoms with Crippen molar-refractivity contribution in [3.63, 3.8) is 0 Å². The van der Waals surface area contributed by atoms with Gasteiger partial charge in [-0.3, -0.25) is 14.5 Å². The van der Waals surface area contributed by atoms with Crippen molar-refractivity contribution in [2.45, 2.75) is 71.0 Å². The van der Waals surface area contributed by atoms with E-state index in [0.29, 0.717) is 13.1 Å². The second kappa shape index (κ2) is 11.4. The van der Waals surface area contributed by atoms with Crippen molar-refractivity contribution in [1.82, 2.24) is 29.9 Å². The lowest BCUT2D eigenvalue weighted by molar-refractivity contribution is 0.150. The highest BCUT2D eigenvalue weighted by Crippen LogP contribution is 2.25. The van der Waals surface area contributed by atoms with E-state index in [1.54, 1.807) is 10.9 Å². The summed E-state index contributed by atoms with van der Waals surface area (Å²) in [6, 6.07) is 4.17. The van der Waals surface area contributed by atoms with E-state index in [9.17, 15) is 4.79 Å². The highest BCUT2D eigenvalue weighted by Gasteiger charge is 2.24. The van der Waals surface area contributed by atoms with Gasteiger partial charge in [-0.1, -0.05) is 6.42 Å². The molecule has 4 heterocycles. The predicted octanol–water partition coefficient (Wildman–Crippen LogP) is 2.15. The Morgan fingerprint density at radius 1 is 1.19 bits per heavy atom. The number of fused-ring (bicyclic) bond motifs is 1. The monoisotopic (exact) mass is 443 g/mol. The van der Waals surface area contributed by atoms with Crippen LogP contribution in [0.1, 0.15) is 63.1 Å². The van der Waals surface area contributed by atoms with Crippen LogP contribution in [0.25, 0.3) is 0 Å². The molecule has 2 aliphatic heterocycles.